The highest BCUT2D eigenvalue weighted by atomic mass is 16.5. The second-order valence-electron chi connectivity index (χ2n) is 5.14. The summed E-state index contributed by atoms with van der Waals surface area (Å²) in [5, 5.41) is 9.98. The predicted molar refractivity (Wildman–Crippen MR) is 74.1 cm³/mol. The largest absolute Gasteiger partial charge is 0.492 e. The first-order chi connectivity index (χ1) is 8.52. The smallest absolute Gasteiger partial charge is 0.144 e. The van der Waals surface area contributed by atoms with E-state index in [4.69, 9.17) is 10.5 Å². The molecule has 1 aromatic carbocycles. The number of piperidine rings is 1. The second-order valence-corrected chi connectivity index (χ2v) is 5.14. The minimum Gasteiger partial charge on any atom is -0.492 e. The maximum absolute atomic E-state index is 9.98. The summed E-state index contributed by atoms with van der Waals surface area (Å²) in [5.74, 6) is 0.832. The van der Waals surface area contributed by atoms with Crippen molar-refractivity contribution in [1.29, 1.82) is 0 Å². The van der Waals surface area contributed by atoms with Gasteiger partial charge >= 0.3 is 0 Å². The van der Waals surface area contributed by atoms with E-state index in [-0.39, 0.29) is 0 Å². The monoisotopic (exact) mass is 250 g/mol. The maximum atomic E-state index is 9.98. The summed E-state index contributed by atoms with van der Waals surface area (Å²) in [4.78, 5) is 2.25. The molecule has 0 aliphatic carbocycles. The topological polar surface area (TPSA) is 58.7 Å². The molecule has 18 heavy (non-hydrogen) atoms. The van der Waals surface area contributed by atoms with Crippen molar-refractivity contribution in [3.63, 3.8) is 0 Å². The van der Waals surface area contributed by atoms with Gasteiger partial charge in [0.1, 0.15) is 5.75 Å². The molecule has 1 saturated heterocycles. The van der Waals surface area contributed by atoms with Crippen molar-refractivity contribution >= 4 is 11.4 Å². The van der Waals surface area contributed by atoms with Gasteiger partial charge in [0.25, 0.3) is 0 Å². The van der Waals surface area contributed by atoms with Gasteiger partial charge in [-0.15, -0.1) is 0 Å². The minimum atomic E-state index is -0.532. The summed E-state index contributed by atoms with van der Waals surface area (Å²) in [6, 6.07) is 5.76. The summed E-state index contributed by atoms with van der Waals surface area (Å²) in [5.41, 5.74) is 7.05. The lowest BCUT2D eigenvalue weighted by atomic mass is 9.93. The zero-order chi connectivity index (χ0) is 13.2. The summed E-state index contributed by atoms with van der Waals surface area (Å²) < 4.78 is 5.64. The average molecular weight is 250 g/mol. The molecule has 0 atom stereocenters. The van der Waals surface area contributed by atoms with E-state index in [9.17, 15) is 5.11 Å². The second kappa shape index (κ2) is 5.06. The number of nitrogen functional groups attached to an aromatic ring is 1. The van der Waals surface area contributed by atoms with Gasteiger partial charge in [-0.05, 0) is 38.8 Å². The van der Waals surface area contributed by atoms with Gasteiger partial charge in [0, 0.05) is 24.8 Å². The van der Waals surface area contributed by atoms with Gasteiger partial charge in [-0.25, -0.2) is 0 Å². The summed E-state index contributed by atoms with van der Waals surface area (Å²) >= 11 is 0. The van der Waals surface area contributed by atoms with Crippen LogP contribution in [-0.4, -0.2) is 30.4 Å². The van der Waals surface area contributed by atoms with Crippen molar-refractivity contribution in [3.05, 3.63) is 18.2 Å². The normalized spacial score (nSPS) is 18.7. The van der Waals surface area contributed by atoms with E-state index in [0.29, 0.717) is 12.3 Å². The number of hydrogen-bond acceptors (Lipinski definition) is 4. The van der Waals surface area contributed by atoms with Crippen LogP contribution in [0.1, 0.15) is 26.7 Å². The molecule has 1 fully saturated rings. The maximum Gasteiger partial charge on any atom is 0.144 e. The molecule has 0 saturated carbocycles. The molecule has 100 valence electrons. The number of hydrogen-bond donors (Lipinski definition) is 2. The number of benzene rings is 1. The van der Waals surface area contributed by atoms with Crippen molar-refractivity contribution in [2.75, 3.05) is 30.3 Å². The van der Waals surface area contributed by atoms with E-state index < -0.39 is 5.60 Å². The molecule has 0 unspecified atom stereocenters. The molecule has 0 amide bonds. The number of rotatable bonds is 3. The van der Waals surface area contributed by atoms with Crippen molar-refractivity contribution in [3.8, 4) is 5.75 Å². The minimum absolute atomic E-state index is 0.532. The zero-order valence-electron chi connectivity index (χ0n) is 11.1. The van der Waals surface area contributed by atoms with Gasteiger partial charge in [0.05, 0.1) is 17.9 Å². The third-order valence-electron chi connectivity index (χ3n) is 3.46. The third-order valence-corrected chi connectivity index (χ3v) is 3.46. The fourth-order valence-corrected chi connectivity index (χ4v) is 2.29. The van der Waals surface area contributed by atoms with Crippen LogP contribution in [0.2, 0.25) is 0 Å². The van der Waals surface area contributed by atoms with Crippen LogP contribution in [0, 0.1) is 0 Å². The average Bonchev–Trinajstić information content (AvgIpc) is 2.31. The first kappa shape index (κ1) is 13.0. The predicted octanol–water partition coefficient (Wildman–Crippen LogP) is 2.02. The highest BCUT2D eigenvalue weighted by Crippen LogP contribution is 2.34. The van der Waals surface area contributed by atoms with E-state index in [0.717, 1.165) is 37.4 Å². The number of nitrogens with two attached hydrogens (primary N) is 1. The summed E-state index contributed by atoms with van der Waals surface area (Å²) in [6.45, 7) is 6.18. The molecular formula is C14H22N2O2. The molecule has 0 radical (unpaired) electrons. The molecule has 1 aliphatic heterocycles. The van der Waals surface area contributed by atoms with Gasteiger partial charge in [-0.3, -0.25) is 0 Å². The highest BCUT2D eigenvalue weighted by molar-refractivity contribution is 5.64. The van der Waals surface area contributed by atoms with Crippen LogP contribution in [0.5, 0.6) is 5.75 Å². The standard InChI is InChI=1S/C14H22N2O2/c1-3-18-13-10-11(15)4-5-12(13)16-8-6-14(2,17)7-9-16/h4-5,10,17H,3,6-9,15H2,1-2H3. The van der Waals surface area contributed by atoms with E-state index in [1.54, 1.807) is 0 Å². The Morgan fingerprint density at radius 2 is 2.06 bits per heavy atom. The van der Waals surface area contributed by atoms with Crippen molar-refractivity contribution in [1.82, 2.24) is 0 Å². The van der Waals surface area contributed by atoms with Crippen LogP contribution in [0.15, 0.2) is 18.2 Å². The van der Waals surface area contributed by atoms with Gasteiger partial charge in [-0.1, -0.05) is 0 Å². The summed E-state index contributed by atoms with van der Waals surface area (Å²) in [7, 11) is 0. The lowest BCUT2D eigenvalue weighted by molar-refractivity contribution is 0.0350. The molecule has 0 spiro atoms. The molecule has 0 bridgehead atoms. The summed E-state index contributed by atoms with van der Waals surface area (Å²) in [6.07, 6.45) is 1.56. The van der Waals surface area contributed by atoms with Crippen molar-refractivity contribution in [2.45, 2.75) is 32.3 Å². The molecule has 4 nitrogen and oxygen atoms in total. The zero-order valence-corrected chi connectivity index (χ0v) is 11.1. The molecule has 1 aliphatic rings. The lowest BCUT2D eigenvalue weighted by Gasteiger charge is -2.37. The Morgan fingerprint density at radius 3 is 2.67 bits per heavy atom. The van der Waals surface area contributed by atoms with E-state index in [2.05, 4.69) is 4.90 Å². The van der Waals surface area contributed by atoms with Crippen LogP contribution in [0.25, 0.3) is 0 Å². The SMILES string of the molecule is CCOc1cc(N)ccc1N1CCC(C)(O)CC1. The van der Waals surface area contributed by atoms with Crippen LogP contribution in [0.4, 0.5) is 11.4 Å². The Morgan fingerprint density at radius 1 is 1.39 bits per heavy atom. The number of aliphatic hydroxyl groups is 1. The number of ether oxygens (including phenoxy) is 1. The fraction of sp³-hybridized carbons (Fsp3) is 0.571. The van der Waals surface area contributed by atoms with Gasteiger partial charge in [-0.2, -0.15) is 0 Å². The first-order valence-electron chi connectivity index (χ1n) is 6.51. The van der Waals surface area contributed by atoms with E-state index in [1.165, 1.54) is 0 Å². The Kier molecular flexibility index (Phi) is 3.66. The quantitative estimate of drug-likeness (QED) is 0.806. The molecule has 3 N–H and O–H groups in total. The van der Waals surface area contributed by atoms with Crippen LogP contribution in [-0.2, 0) is 0 Å². The number of anilines is 2. The molecule has 0 aromatic heterocycles. The Labute approximate surface area is 108 Å². The van der Waals surface area contributed by atoms with E-state index >= 15 is 0 Å². The van der Waals surface area contributed by atoms with Crippen LogP contribution in [0.3, 0.4) is 0 Å². The van der Waals surface area contributed by atoms with Crippen molar-refractivity contribution < 1.29 is 9.84 Å². The van der Waals surface area contributed by atoms with Crippen LogP contribution >= 0.6 is 0 Å². The number of nitrogens with zero attached hydrogens (tertiary/aromatic N) is 1. The van der Waals surface area contributed by atoms with Gasteiger partial charge in [0.2, 0.25) is 0 Å². The molecular weight excluding hydrogens is 228 g/mol. The third kappa shape index (κ3) is 2.88. The molecule has 2 rings (SSSR count). The Hall–Kier alpha value is -1.42. The Bertz CT molecular complexity index is 408. The first-order valence-corrected chi connectivity index (χ1v) is 6.51. The molecule has 4 heteroatoms. The van der Waals surface area contributed by atoms with Crippen LogP contribution < -0.4 is 15.4 Å². The molecule has 1 heterocycles. The lowest BCUT2D eigenvalue weighted by Crippen LogP contribution is -2.42. The van der Waals surface area contributed by atoms with Crippen molar-refractivity contribution in [2.24, 2.45) is 0 Å². The fourth-order valence-electron chi connectivity index (χ4n) is 2.29. The van der Waals surface area contributed by atoms with Gasteiger partial charge in [0.15, 0.2) is 0 Å². The van der Waals surface area contributed by atoms with E-state index in [1.807, 2.05) is 32.0 Å². The molecule has 1 aromatic rings. The highest BCUT2D eigenvalue weighted by Gasteiger charge is 2.28. The Balaban J connectivity index is 2.18. The van der Waals surface area contributed by atoms with Gasteiger partial charge < -0.3 is 20.5 Å².